The van der Waals surface area contributed by atoms with E-state index in [9.17, 15) is 9.59 Å². The van der Waals surface area contributed by atoms with Gasteiger partial charge in [-0.2, -0.15) is 0 Å². The topological polar surface area (TPSA) is 98.6 Å². The third-order valence-corrected chi connectivity index (χ3v) is 7.28. The molecule has 3 aromatic carbocycles. The van der Waals surface area contributed by atoms with Crippen LogP contribution in [-0.2, 0) is 16.1 Å². The lowest BCUT2D eigenvalue weighted by Gasteiger charge is -2.33. The van der Waals surface area contributed by atoms with Crippen LogP contribution < -0.4 is 19.7 Å². The molecular formula is C30H33N5O4. The quantitative estimate of drug-likeness (QED) is 0.342. The molecule has 1 heterocycles. The number of methoxy groups -OCH3 is 2. The number of anilines is 1. The molecule has 1 fully saturated rings. The standard InChI is InChI=1S/C30H33N5O4/c1-20-10-4-7-13-25(20)29(30(37)31-21-11-5-6-12-21)35(22-16-23(38-2)18-24(17-22)39-3)28(36)19-34-27-15-9-8-14-26(27)32-33-34/h4,7-10,13-18,21,29H,5-6,11-12,19H2,1-3H3,(H,31,37)/t29-/m0/s1. The van der Waals surface area contributed by atoms with Crippen LogP contribution in [0.5, 0.6) is 11.5 Å². The third kappa shape index (κ3) is 5.57. The van der Waals surface area contributed by atoms with Gasteiger partial charge in [0.15, 0.2) is 0 Å². The van der Waals surface area contributed by atoms with Crippen molar-refractivity contribution in [3.05, 3.63) is 77.9 Å². The molecule has 9 nitrogen and oxygen atoms in total. The molecule has 0 radical (unpaired) electrons. The average molecular weight is 528 g/mol. The van der Waals surface area contributed by atoms with E-state index in [4.69, 9.17) is 9.47 Å². The number of aromatic nitrogens is 3. The minimum Gasteiger partial charge on any atom is -0.497 e. The molecule has 5 rings (SSSR count). The lowest BCUT2D eigenvalue weighted by Crippen LogP contribution is -2.47. The number of nitrogens with one attached hydrogen (secondary N) is 1. The van der Waals surface area contributed by atoms with E-state index in [1.807, 2.05) is 55.5 Å². The number of amides is 2. The molecule has 1 aromatic heterocycles. The van der Waals surface area contributed by atoms with Crippen LogP contribution in [0.2, 0.25) is 0 Å². The van der Waals surface area contributed by atoms with E-state index >= 15 is 0 Å². The number of hydrogen-bond acceptors (Lipinski definition) is 6. The van der Waals surface area contributed by atoms with Crippen molar-refractivity contribution >= 4 is 28.5 Å². The molecule has 1 aliphatic rings. The highest BCUT2D eigenvalue weighted by molar-refractivity contribution is 6.02. The zero-order chi connectivity index (χ0) is 27.4. The second-order valence-electron chi connectivity index (χ2n) is 9.82. The first-order chi connectivity index (χ1) is 19.0. The molecule has 1 N–H and O–H groups in total. The van der Waals surface area contributed by atoms with Gasteiger partial charge >= 0.3 is 0 Å². The fraction of sp³-hybridized carbons (Fsp3) is 0.333. The molecule has 0 unspecified atom stereocenters. The molecular weight excluding hydrogens is 494 g/mol. The summed E-state index contributed by atoms with van der Waals surface area (Å²) in [4.78, 5) is 29.9. The molecule has 0 aliphatic heterocycles. The van der Waals surface area contributed by atoms with Crippen molar-refractivity contribution < 1.29 is 19.1 Å². The Bertz CT molecular complexity index is 1460. The summed E-state index contributed by atoms with van der Waals surface area (Å²) in [7, 11) is 3.11. The van der Waals surface area contributed by atoms with E-state index < -0.39 is 6.04 Å². The molecule has 202 valence electrons. The second-order valence-corrected chi connectivity index (χ2v) is 9.82. The summed E-state index contributed by atoms with van der Waals surface area (Å²) in [6, 6.07) is 19.5. The van der Waals surface area contributed by atoms with Crippen molar-refractivity contribution in [3.63, 3.8) is 0 Å². The molecule has 0 saturated heterocycles. The first kappa shape index (κ1) is 26.2. The van der Waals surface area contributed by atoms with Crippen LogP contribution in [0.3, 0.4) is 0 Å². The van der Waals surface area contributed by atoms with Crippen molar-refractivity contribution in [1.29, 1.82) is 0 Å². The van der Waals surface area contributed by atoms with Crippen LogP contribution in [0.15, 0.2) is 66.7 Å². The van der Waals surface area contributed by atoms with Crippen molar-refractivity contribution in [2.24, 2.45) is 0 Å². The predicted octanol–water partition coefficient (Wildman–Crippen LogP) is 4.59. The minimum atomic E-state index is -0.925. The van der Waals surface area contributed by atoms with E-state index in [1.54, 1.807) is 37.1 Å². The Morgan fingerprint density at radius 3 is 2.36 bits per heavy atom. The zero-order valence-corrected chi connectivity index (χ0v) is 22.5. The Kier molecular flexibility index (Phi) is 7.76. The van der Waals surface area contributed by atoms with Gasteiger partial charge in [0.25, 0.3) is 0 Å². The maximum absolute atomic E-state index is 14.3. The molecule has 0 spiro atoms. The van der Waals surface area contributed by atoms with E-state index in [1.165, 1.54) is 4.90 Å². The Hall–Kier alpha value is -4.40. The predicted molar refractivity (Wildman–Crippen MR) is 149 cm³/mol. The van der Waals surface area contributed by atoms with Gasteiger partial charge in [0.05, 0.1) is 25.4 Å². The monoisotopic (exact) mass is 527 g/mol. The number of para-hydroxylation sites is 1. The Balaban J connectivity index is 1.63. The third-order valence-electron chi connectivity index (χ3n) is 7.28. The largest absolute Gasteiger partial charge is 0.497 e. The molecule has 9 heteroatoms. The van der Waals surface area contributed by atoms with Crippen LogP contribution in [-0.4, -0.2) is 47.1 Å². The number of ether oxygens (including phenoxy) is 2. The molecule has 1 aliphatic carbocycles. The normalized spacial score (nSPS) is 14.2. The summed E-state index contributed by atoms with van der Waals surface area (Å²) in [5, 5.41) is 11.7. The van der Waals surface area contributed by atoms with Gasteiger partial charge in [-0.3, -0.25) is 14.5 Å². The van der Waals surface area contributed by atoms with E-state index in [2.05, 4.69) is 15.6 Å². The van der Waals surface area contributed by atoms with Crippen LogP contribution in [0, 0.1) is 6.92 Å². The molecule has 39 heavy (non-hydrogen) atoms. The fourth-order valence-electron chi connectivity index (χ4n) is 5.25. The van der Waals surface area contributed by atoms with Crippen molar-refractivity contribution in [3.8, 4) is 11.5 Å². The smallest absolute Gasteiger partial charge is 0.249 e. The van der Waals surface area contributed by atoms with Crippen LogP contribution in [0.4, 0.5) is 5.69 Å². The van der Waals surface area contributed by atoms with Crippen molar-refractivity contribution in [2.75, 3.05) is 19.1 Å². The van der Waals surface area contributed by atoms with Crippen LogP contribution >= 0.6 is 0 Å². The summed E-state index contributed by atoms with van der Waals surface area (Å²) in [5.74, 6) is 0.465. The molecule has 0 bridgehead atoms. The van der Waals surface area contributed by atoms with E-state index in [0.717, 1.165) is 42.3 Å². The maximum atomic E-state index is 14.3. The number of aryl methyl sites for hydroxylation is 1. The van der Waals surface area contributed by atoms with Gasteiger partial charge < -0.3 is 14.8 Å². The Morgan fingerprint density at radius 1 is 1.00 bits per heavy atom. The zero-order valence-electron chi connectivity index (χ0n) is 22.5. The molecule has 2 amide bonds. The molecule has 1 atom stereocenters. The minimum absolute atomic E-state index is 0.0834. The van der Waals surface area contributed by atoms with Gasteiger partial charge in [0, 0.05) is 24.2 Å². The Labute approximate surface area is 227 Å². The van der Waals surface area contributed by atoms with Crippen molar-refractivity contribution in [1.82, 2.24) is 20.3 Å². The maximum Gasteiger partial charge on any atom is 0.249 e. The van der Waals surface area contributed by atoms with Gasteiger partial charge in [-0.1, -0.05) is 54.5 Å². The number of carbonyl (C=O) groups excluding carboxylic acids is 2. The van der Waals surface area contributed by atoms with Gasteiger partial charge in [-0.25, -0.2) is 4.68 Å². The number of fused-ring (bicyclic) bond motifs is 1. The van der Waals surface area contributed by atoms with Gasteiger partial charge in [-0.05, 0) is 43.0 Å². The van der Waals surface area contributed by atoms with Crippen LogP contribution in [0.25, 0.3) is 11.0 Å². The lowest BCUT2D eigenvalue weighted by atomic mass is 9.97. The molecule has 1 saturated carbocycles. The number of hydrogen-bond donors (Lipinski definition) is 1. The van der Waals surface area contributed by atoms with E-state index in [-0.39, 0.29) is 24.4 Å². The number of carbonyl (C=O) groups is 2. The second kappa shape index (κ2) is 11.6. The van der Waals surface area contributed by atoms with Crippen molar-refractivity contribution in [2.45, 2.75) is 51.2 Å². The lowest BCUT2D eigenvalue weighted by molar-refractivity contribution is -0.127. The Morgan fingerprint density at radius 2 is 1.67 bits per heavy atom. The highest BCUT2D eigenvalue weighted by Gasteiger charge is 2.36. The molecule has 4 aromatic rings. The summed E-state index contributed by atoms with van der Waals surface area (Å²) in [6.45, 7) is 1.84. The summed E-state index contributed by atoms with van der Waals surface area (Å²) >= 11 is 0. The van der Waals surface area contributed by atoms with Gasteiger partial charge in [-0.15, -0.1) is 5.10 Å². The van der Waals surface area contributed by atoms with Gasteiger partial charge in [0.1, 0.15) is 29.6 Å². The average Bonchev–Trinajstić information content (AvgIpc) is 3.62. The number of benzene rings is 3. The summed E-state index contributed by atoms with van der Waals surface area (Å²) in [6.07, 6.45) is 4.01. The van der Waals surface area contributed by atoms with Crippen LogP contribution in [0.1, 0.15) is 42.9 Å². The highest BCUT2D eigenvalue weighted by atomic mass is 16.5. The highest BCUT2D eigenvalue weighted by Crippen LogP contribution is 2.36. The van der Waals surface area contributed by atoms with E-state index in [0.29, 0.717) is 22.7 Å². The summed E-state index contributed by atoms with van der Waals surface area (Å²) < 4.78 is 12.6. The number of nitrogens with zero attached hydrogens (tertiary/aromatic N) is 4. The van der Waals surface area contributed by atoms with Gasteiger partial charge in [0.2, 0.25) is 11.8 Å². The SMILES string of the molecule is COc1cc(OC)cc(N(C(=O)Cn2nnc3ccccc32)[C@H](C(=O)NC2CCCC2)c2ccccc2C)c1. The first-order valence-electron chi connectivity index (χ1n) is 13.2. The fourth-order valence-corrected chi connectivity index (χ4v) is 5.25. The summed E-state index contributed by atoms with van der Waals surface area (Å²) in [5.41, 5.74) is 3.55. The number of rotatable bonds is 9. The first-order valence-corrected chi connectivity index (χ1v) is 13.2.